The van der Waals surface area contributed by atoms with E-state index in [0.717, 1.165) is 21.5 Å². The lowest BCUT2D eigenvalue weighted by atomic mass is 10.1. The van der Waals surface area contributed by atoms with Gasteiger partial charge >= 0.3 is 10.2 Å². The average molecular weight is 465 g/mol. The van der Waals surface area contributed by atoms with E-state index < -0.39 is 40.4 Å². The first-order valence-corrected chi connectivity index (χ1v) is 11.4. The molecule has 0 aromatic heterocycles. The molecule has 174 valence electrons. The summed E-state index contributed by atoms with van der Waals surface area (Å²) in [5.41, 5.74) is 1.55. The fraction of sp³-hybridized carbons (Fsp3) is 0.364. The number of carbonyl (C=O) groups is 2. The number of anilines is 1. The predicted octanol–water partition coefficient (Wildman–Crippen LogP) is 1.91. The van der Waals surface area contributed by atoms with E-state index in [9.17, 15) is 22.4 Å². The molecule has 0 aliphatic rings. The van der Waals surface area contributed by atoms with Gasteiger partial charge in [-0.1, -0.05) is 42.0 Å². The summed E-state index contributed by atoms with van der Waals surface area (Å²) >= 11 is 0. The molecule has 32 heavy (non-hydrogen) atoms. The Balaban J connectivity index is 2.45. The second-order valence-corrected chi connectivity index (χ2v) is 9.61. The van der Waals surface area contributed by atoms with Crippen molar-refractivity contribution in [1.82, 2.24) is 14.5 Å². The minimum absolute atomic E-state index is 0.0842. The number of carbonyl (C=O) groups excluding carboxylic acids is 2. The molecular weight excluding hydrogens is 435 g/mol. The lowest BCUT2D eigenvalue weighted by molar-refractivity contribution is -0.139. The SMILES string of the molecule is CNC(=O)[C@H](C)N(Cc1ccc(C)cc1)C(=O)CN(c1ccccc1F)S(=O)(=O)N(C)C. The zero-order chi connectivity index (χ0) is 24.1. The third-order valence-corrected chi connectivity index (χ3v) is 6.83. The zero-order valence-electron chi connectivity index (χ0n) is 18.9. The Morgan fingerprint density at radius 1 is 1.06 bits per heavy atom. The van der Waals surface area contributed by atoms with E-state index >= 15 is 0 Å². The van der Waals surface area contributed by atoms with Crippen molar-refractivity contribution in [2.24, 2.45) is 0 Å². The lowest BCUT2D eigenvalue weighted by Gasteiger charge is -2.32. The van der Waals surface area contributed by atoms with Gasteiger partial charge in [0.15, 0.2) is 0 Å². The monoisotopic (exact) mass is 464 g/mol. The summed E-state index contributed by atoms with van der Waals surface area (Å²) in [6.45, 7) is 2.90. The molecule has 8 nitrogen and oxygen atoms in total. The smallest absolute Gasteiger partial charge is 0.304 e. The molecule has 0 bridgehead atoms. The average Bonchev–Trinajstić information content (AvgIpc) is 2.76. The van der Waals surface area contributed by atoms with Crippen molar-refractivity contribution in [3.63, 3.8) is 0 Å². The summed E-state index contributed by atoms with van der Waals surface area (Å²) in [5, 5.41) is 2.50. The molecule has 0 aliphatic heterocycles. The molecule has 0 spiro atoms. The first-order chi connectivity index (χ1) is 15.0. The number of benzene rings is 2. The van der Waals surface area contributed by atoms with Gasteiger partial charge in [-0.15, -0.1) is 0 Å². The zero-order valence-corrected chi connectivity index (χ0v) is 19.7. The van der Waals surface area contributed by atoms with Crippen molar-refractivity contribution < 1.29 is 22.4 Å². The van der Waals surface area contributed by atoms with Crippen LogP contribution in [0, 0.1) is 12.7 Å². The number of nitrogens with zero attached hydrogens (tertiary/aromatic N) is 3. The quantitative estimate of drug-likeness (QED) is 0.614. The Morgan fingerprint density at radius 3 is 2.19 bits per heavy atom. The number of aryl methyl sites for hydroxylation is 1. The number of rotatable bonds is 9. The maximum absolute atomic E-state index is 14.5. The maximum Gasteiger partial charge on any atom is 0.304 e. The molecule has 10 heteroatoms. The van der Waals surface area contributed by atoms with Crippen molar-refractivity contribution in [2.45, 2.75) is 26.4 Å². The van der Waals surface area contributed by atoms with Gasteiger partial charge in [0, 0.05) is 27.7 Å². The predicted molar refractivity (Wildman–Crippen MR) is 122 cm³/mol. The van der Waals surface area contributed by atoms with E-state index in [0.29, 0.717) is 4.31 Å². The van der Waals surface area contributed by atoms with Crippen LogP contribution in [0.5, 0.6) is 0 Å². The Bertz CT molecular complexity index is 1060. The number of amides is 2. The van der Waals surface area contributed by atoms with Gasteiger partial charge < -0.3 is 10.2 Å². The minimum atomic E-state index is -4.19. The van der Waals surface area contributed by atoms with Gasteiger partial charge in [0.2, 0.25) is 11.8 Å². The third kappa shape index (κ3) is 5.83. The fourth-order valence-corrected chi connectivity index (χ4v) is 4.10. The molecule has 0 heterocycles. The standard InChI is InChI=1S/C22H29FN4O4S/c1-16-10-12-18(13-11-16)14-26(17(2)22(29)24-3)21(28)15-27(32(30,31)25(4)5)20-9-7-6-8-19(20)23/h6-13,17H,14-15H2,1-5H3,(H,24,29)/t17-/m0/s1. The Kier molecular flexibility index (Phi) is 8.34. The van der Waals surface area contributed by atoms with Crippen LogP contribution < -0.4 is 9.62 Å². The highest BCUT2D eigenvalue weighted by molar-refractivity contribution is 7.90. The van der Waals surface area contributed by atoms with Gasteiger partial charge in [0.05, 0.1) is 5.69 Å². The highest BCUT2D eigenvalue weighted by atomic mass is 32.2. The molecule has 0 radical (unpaired) electrons. The minimum Gasteiger partial charge on any atom is -0.357 e. The number of hydrogen-bond acceptors (Lipinski definition) is 4. The molecule has 0 unspecified atom stereocenters. The Labute approximate surface area is 188 Å². The van der Waals surface area contributed by atoms with E-state index in [4.69, 9.17) is 0 Å². The van der Waals surface area contributed by atoms with E-state index in [-0.39, 0.29) is 12.2 Å². The molecule has 0 saturated carbocycles. The summed E-state index contributed by atoms with van der Waals surface area (Å²) in [6, 6.07) is 11.9. The summed E-state index contributed by atoms with van der Waals surface area (Å²) < 4.78 is 42.0. The van der Waals surface area contributed by atoms with Crippen molar-refractivity contribution in [2.75, 3.05) is 32.0 Å². The molecule has 2 amide bonds. The van der Waals surface area contributed by atoms with Crippen LogP contribution in [-0.2, 0) is 26.3 Å². The van der Waals surface area contributed by atoms with E-state index in [1.54, 1.807) is 6.92 Å². The van der Waals surface area contributed by atoms with E-state index in [2.05, 4.69) is 5.32 Å². The normalized spacial score (nSPS) is 12.3. The van der Waals surface area contributed by atoms with Crippen LogP contribution >= 0.6 is 0 Å². The highest BCUT2D eigenvalue weighted by Gasteiger charge is 2.33. The highest BCUT2D eigenvalue weighted by Crippen LogP contribution is 2.23. The van der Waals surface area contributed by atoms with Gasteiger partial charge in [0.25, 0.3) is 0 Å². The maximum atomic E-state index is 14.5. The summed E-state index contributed by atoms with van der Waals surface area (Å²) in [6.07, 6.45) is 0. The van der Waals surface area contributed by atoms with Crippen LogP contribution in [-0.4, -0.2) is 63.2 Å². The summed E-state index contributed by atoms with van der Waals surface area (Å²) in [7, 11) is -0.148. The number of halogens is 1. The summed E-state index contributed by atoms with van der Waals surface area (Å²) in [4.78, 5) is 26.9. The molecular formula is C22H29FN4O4S. The van der Waals surface area contributed by atoms with Crippen molar-refractivity contribution >= 4 is 27.7 Å². The first kappa shape index (κ1) is 25.3. The molecule has 1 atom stereocenters. The third-order valence-electron chi connectivity index (χ3n) is 5.03. The number of likely N-dealkylation sites (N-methyl/N-ethyl adjacent to an activating group) is 1. The van der Waals surface area contributed by atoms with Gasteiger partial charge in [-0.3, -0.25) is 9.59 Å². The largest absolute Gasteiger partial charge is 0.357 e. The number of para-hydroxylation sites is 1. The Morgan fingerprint density at radius 2 is 1.66 bits per heavy atom. The topological polar surface area (TPSA) is 90.0 Å². The van der Waals surface area contributed by atoms with Crippen LogP contribution in [0.1, 0.15) is 18.1 Å². The molecule has 0 aliphatic carbocycles. The first-order valence-electron chi connectivity index (χ1n) is 10.00. The van der Waals surface area contributed by atoms with E-state index in [1.807, 2.05) is 31.2 Å². The molecule has 2 aromatic carbocycles. The van der Waals surface area contributed by atoms with Crippen LogP contribution in [0.15, 0.2) is 48.5 Å². The molecule has 2 aromatic rings. The Hall–Kier alpha value is -2.98. The van der Waals surface area contributed by atoms with Crippen molar-refractivity contribution in [1.29, 1.82) is 0 Å². The van der Waals surface area contributed by atoms with Crippen LogP contribution in [0.25, 0.3) is 0 Å². The second kappa shape index (κ2) is 10.6. The molecule has 1 N–H and O–H groups in total. The van der Waals surface area contributed by atoms with E-state index in [1.165, 1.54) is 44.2 Å². The second-order valence-electron chi connectivity index (χ2n) is 7.55. The van der Waals surface area contributed by atoms with Gasteiger partial charge in [0.1, 0.15) is 18.4 Å². The lowest BCUT2D eigenvalue weighted by Crippen LogP contribution is -2.52. The van der Waals surface area contributed by atoms with Crippen molar-refractivity contribution in [3.8, 4) is 0 Å². The van der Waals surface area contributed by atoms with Gasteiger partial charge in [-0.25, -0.2) is 8.70 Å². The fourth-order valence-electron chi connectivity index (χ4n) is 3.04. The summed E-state index contributed by atoms with van der Waals surface area (Å²) in [5.74, 6) is -1.83. The van der Waals surface area contributed by atoms with Crippen LogP contribution in [0.4, 0.5) is 10.1 Å². The van der Waals surface area contributed by atoms with Gasteiger partial charge in [-0.05, 0) is 31.5 Å². The number of nitrogens with one attached hydrogen (secondary N) is 1. The molecule has 0 fully saturated rings. The molecule has 2 rings (SSSR count). The van der Waals surface area contributed by atoms with Crippen LogP contribution in [0.2, 0.25) is 0 Å². The van der Waals surface area contributed by atoms with Gasteiger partial charge in [-0.2, -0.15) is 12.7 Å². The van der Waals surface area contributed by atoms with Crippen LogP contribution in [0.3, 0.4) is 0 Å². The molecule has 0 saturated heterocycles. The van der Waals surface area contributed by atoms with Crippen molar-refractivity contribution in [3.05, 3.63) is 65.5 Å². The number of hydrogen-bond donors (Lipinski definition) is 1.